The number of anilines is 1. The molecule has 0 bridgehead atoms. The van der Waals surface area contributed by atoms with E-state index in [1.165, 1.54) is 29.4 Å². The minimum Gasteiger partial charge on any atom is -0.503 e. The van der Waals surface area contributed by atoms with Crippen LogP contribution in [0.2, 0.25) is 0 Å². The zero-order valence-electron chi connectivity index (χ0n) is 14.0. The summed E-state index contributed by atoms with van der Waals surface area (Å²) in [6.07, 6.45) is 0.256. The average Bonchev–Trinajstić information content (AvgIpc) is 3.25. The Kier molecular flexibility index (Phi) is 5.08. The smallest absolute Gasteiger partial charge is 0.340 e. The highest BCUT2D eigenvalue weighted by Crippen LogP contribution is 2.32. The predicted molar refractivity (Wildman–Crippen MR) is 91.9 cm³/mol. The predicted octanol–water partition coefficient (Wildman–Crippen LogP) is 2.05. The molecule has 1 atom stereocenters. The fraction of sp³-hybridized carbons (Fsp3) is 0.235. The van der Waals surface area contributed by atoms with Crippen LogP contribution in [0.5, 0.6) is 5.75 Å². The van der Waals surface area contributed by atoms with Gasteiger partial charge in [0.25, 0.3) is 5.91 Å². The Bertz CT molecular complexity index is 907. The molecule has 2 amide bonds. The second-order valence-electron chi connectivity index (χ2n) is 5.72. The van der Waals surface area contributed by atoms with Crippen LogP contribution in [0.15, 0.2) is 23.6 Å². The summed E-state index contributed by atoms with van der Waals surface area (Å²) in [5.41, 5.74) is -0.120. The number of carbonyl (C=O) groups excluding carboxylic acids is 3. The number of hydrogen-bond acceptors (Lipinski definition) is 6. The Morgan fingerprint density at radius 1 is 1.33 bits per heavy atom. The van der Waals surface area contributed by atoms with Gasteiger partial charge in [-0.2, -0.15) is 0 Å². The number of carbonyl (C=O) groups is 3. The lowest BCUT2D eigenvalue weighted by Crippen LogP contribution is -2.41. The molecule has 1 aromatic heterocycles. The molecule has 1 aliphatic rings. The number of phenolic OH excluding ortho intramolecular Hbond substituents is 1. The lowest BCUT2D eigenvalue weighted by molar-refractivity contribution is -0.118. The highest BCUT2D eigenvalue weighted by Gasteiger charge is 2.36. The third kappa shape index (κ3) is 3.47. The van der Waals surface area contributed by atoms with Gasteiger partial charge in [0.05, 0.1) is 12.7 Å². The van der Waals surface area contributed by atoms with Gasteiger partial charge < -0.3 is 20.1 Å². The van der Waals surface area contributed by atoms with Gasteiger partial charge in [0.1, 0.15) is 11.0 Å². The van der Waals surface area contributed by atoms with Crippen molar-refractivity contribution >= 4 is 34.1 Å². The van der Waals surface area contributed by atoms with Gasteiger partial charge >= 0.3 is 5.97 Å². The first kappa shape index (κ1) is 18.8. The first-order valence-corrected chi connectivity index (χ1v) is 8.67. The van der Waals surface area contributed by atoms with Crippen molar-refractivity contribution in [3.05, 3.63) is 46.3 Å². The summed E-state index contributed by atoms with van der Waals surface area (Å²) in [6.45, 7) is 0.257. The van der Waals surface area contributed by atoms with Crippen molar-refractivity contribution in [2.75, 3.05) is 18.6 Å². The molecule has 142 valence electrons. The Morgan fingerprint density at radius 3 is 2.63 bits per heavy atom. The van der Waals surface area contributed by atoms with E-state index in [0.29, 0.717) is 17.1 Å². The minimum atomic E-state index is -1.28. The summed E-state index contributed by atoms with van der Waals surface area (Å²) in [5, 5.41) is 13.6. The van der Waals surface area contributed by atoms with Crippen molar-refractivity contribution in [3.8, 4) is 5.75 Å². The largest absolute Gasteiger partial charge is 0.503 e. The number of rotatable bonds is 4. The Hall–Kier alpha value is -3.01. The maximum atomic E-state index is 13.4. The Balaban J connectivity index is 1.75. The molecule has 0 radical (unpaired) electrons. The van der Waals surface area contributed by atoms with Gasteiger partial charge in [0.2, 0.25) is 5.91 Å². The van der Waals surface area contributed by atoms with Gasteiger partial charge in [-0.15, -0.1) is 11.3 Å². The topological polar surface area (TPSA) is 95.9 Å². The standard InChI is InChI=1S/C17H14F2N2O5S/c1-26-17(25)9-3-5-27-16(9)21-4-2-12(15(21)24)20-14(23)8-6-10(18)13(22)11(19)7-8/h3,5-7,12,22H,2,4H2,1H3,(H,20,23). The molecule has 0 aliphatic carbocycles. The lowest BCUT2D eigenvalue weighted by Gasteiger charge is -2.17. The Labute approximate surface area is 156 Å². The number of nitrogens with one attached hydrogen (secondary N) is 1. The summed E-state index contributed by atoms with van der Waals surface area (Å²) in [6, 6.07) is 1.98. The van der Waals surface area contributed by atoms with Crippen LogP contribution in [0, 0.1) is 11.6 Å². The van der Waals surface area contributed by atoms with E-state index in [9.17, 15) is 23.2 Å². The molecule has 1 unspecified atom stereocenters. The summed E-state index contributed by atoms with van der Waals surface area (Å²) in [7, 11) is 1.23. The van der Waals surface area contributed by atoms with Crippen LogP contribution in [0.1, 0.15) is 27.1 Å². The molecule has 1 aliphatic heterocycles. The third-order valence-electron chi connectivity index (χ3n) is 4.09. The molecule has 1 saturated heterocycles. The summed E-state index contributed by atoms with van der Waals surface area (Å²) >= 11 is 1.18. The average molecular weight is 396 g/mol. The second kappa shape index (κ2) is 7.31. The third-order valence-corrected chi connectivity index (χ3v) is 5.02. The number of halogens is 2. The molecule has 2 heterocycles. The fourth-order valence-corrected chi connectivity index (χ4v) is 3.65. The van der Waals surface area contributed by atoms with Crippen molar-refractivity contribution < 1.29 is 33.0 Å². The van der Waals surface area contributed by atoms with Crippen molar-refractivity contribution in [2.24, 2.45) is 0 Å². The number of amides is 2. The zero-order valence-corrected chi connectivity index (χ0v) is 14.8. The van der Waals surface area contributed by atoms with E-state index in [-0.39, 0.29) is 24.1 Å². The van der Waals surface area contributed by atoms with Gasteiger partial charge in [-0.05, 0) is 30.0 Å². The monoisotopic (exact) mass is 396 g/mol. The van der Waals surface area contributed by atoms with Crippen LogP contribution in [-0.2, 0) is 9.53 Å². The molecular weight excluding hydrogens is 382 g/mol. The van der Waals surface area contributed by atoms with Crippen molar-refractivity contribution in [2.45, 2.75) is 12.5 Å². The number of hydrogen-bond donors (Lipinski definition) is 2. The van der Waals surface area contributed by atoms with Crippen molar-refractivity contribution in [3.63, 3.8) is 0 Å². The fourth-order valence-electron chi connectivity index (χ4n) is 2.73. The minimum absolute atomic E-state index is 0.241. The summed E-state index contributed by atoms with van der Waals surface area (Å²) in [5.74, 6) is -5.62. The van der Waals surface area contributed by atoms with Gasteiger partial charge in [0, 0.05) is 12.1 Å². The summed E-state index contributed by atoms with van der Waals surface area (Å²) in [4.78, 5) is 37.9. The quantitative estimate of drug-likeness (QED) is 0.772. The molecule has 10 heteroatoms. The van der Waals surface area contributed by atoms with Crippen LogP contribution in [-0.4, -0.2) is 42.6 Å². The molecular formula is C17H14F2N2O5S. The number of methoxy groups -OCH3 is 1. The number of ether oxygens (including phenoxy) is 1. The first-order valence-electron chi connectivity index (χ1n) is 7.79. The molecule has 1 aromatic carbocycles. The molecule has 0 spiro atoms. The molecule has 27 heavy (non-hydrogen) atoms. The first-order chi connectivity index (χ1) is 12.8. The molecule has 2 N–H and O–H groups in total. The van der Waals surface area contributed by atoms with Gasteiger partial charge in [-0.25, -0.2) is 13.6 Å². The molecule has 1 fully saturated rings. The molecule has 0 saturated carbocycles. The van der Waals surface area contributed by atoms with E-state index in [1.807, 2.05) is 0 Å². The second-order valence-corrected chi connectivity index (χ2v) is 6.62. The van der Waals surface area contributed by atoms with E-state index in [1.54, 1.807) is 5.38 Å². The maximum Gasteiger partial charge on any atom is 0.340 e. The van der Waals surface area contributed by atoms with E-state index in [0.717, 1.165) is 0 Å². The number of phenols is 1. The maximum absolute atomic E-state index is 13.4. The van der Waals surface area contributed by atoms with E-state index in [2.05, 4.69) is 10.1 Å². The van der Waals surface area contributed by atoms with E-state index >= 15 is 0 Å². The highest BCUT2D eigenvalue weighted by molar-refractivity contribution is 7.14. The normalized spacial score (nSPS) is 16.5. The zero-order chi connectivity index (χ0) is 19.7. The molecule has 7 nitrogen and oxygen atoms in total. The number of esters is 1. The Morgan fingerprint density at radius 2 is 2.00 bits per heavy atom. The number of nitrogens with zero attached hydrogens (tertiary/aromatic N) is 1. The van der Waals surface area contributed by atoms with Crippen LogP contribution < -0.4 is 10.2 Å². The van der Waals surface area contributed by atoms with Crippen LogP contribution in [0.3, 0.4) is 0 Å². The van der Waals surface area contributed by atoms with Crippen molar-refractivity contribution in [1.82, 2.24) is 5.32 Å². The number of thiophene rings is 1. The van der Waals surface area contributed by atoms with Crippen molar-refractivity contribution in [1.29, 1.82) is 0 Å². The SMILES string of the molecule is COC(=O)c1ccsc1N1CCC(NC(=O)c2cc(F)c(O)c(F)c2)C1=O. The van der Waals surface area contributed by atoms with Crippen LogP contribution in [0.25, 0.3) is 0 Å². The summed E-state index contributed by atoms with van der Waals surface area (Å²) < 4.78 is 31.5. The van der Waals surface area contributed by atoms with E-state index < -0.39 is 41.2 Å². The molecule has 2 aromatic rings. The highest BCUT2D eigenvalue weighted by atomic mass is 32.1. The van der Waals surface area contributed by atoms with Gasteiger partial charge in [-0.1, -0.05) is 0 Å². The lowest BCUT2D eigenvalue weighted by atomic mass is 10.1. The van der Waals surface area contributed by atoms with Crippen LogP contribution >= 0.6 is 11.3 Å². The number of aromatic hydroxyl groups is 1. The van der Waals surface area contributed by atoms with E-state index in [4.69, 9.17) is 5.11 Å². The van der Waals surface area contributed by atoms with Gasteiger partial charge in [0.15, 0.2) is 17.4 Å². The molecule has 3 rings (SSSR count). The van der Waals surface area contributed by atoms with Crippen LogP contribution in [0.4, 0.5) is 13.8 Å². The van der Waals surface area contributed by atoms with Gasteiger partial charge in [-0.3, -0.25) is 9.59 Å². The number of benzene rings is 1.